The van der Waals surface area contributed by atoms with Crippen molar-refractivity contribution < 1.29 is 17.6 Å². The van der Waals surface area contributed by atoms with Gasteiger partial charge in [-0.1, -0.05) is 131 Å². The average molecular weight is 1260 g/mol. The number of aromatic nitrogens is 6. The number of hydrogen-bond acceptors (Lipinski definition) is 14. The van der Waals surface area contributed by atoms with Crippen LogP contribution in [0.15, 0.2) is 48.8 Å². The third-order valence-corrected chi connectivity index (χ3v) is 30.8. The highest BCUT2D eigenvalue weighted by Gasteiger charge is 2.50. The summed E-state index contributed by atoms with van der Waals surface area (Å²) in [6.07, 6.45) is 22.5. The second-order valence-electron chi connectivity index (χ2n) is 21.9. The molecule has 1 aliphatic rings. The van der Waals surface area contributed by atoms with Crippen molar-refractivity contribution >= 4 is 132 Å². The number of pyridine rings is 2. The van der Waals surface area contributed by atoms with Gasteiger partial charge in [0.2, 0.25) is 0 Å². The van der Waals surface area contributed by atoms with E-state index in [9.17, 15) is 0 Å². The Morgan fingerprint density at radius 1 is 0.420 bits per heavy atom. The second kappa shape index (κ2) is 26.1. The van der Waals surface area contributed by atoms with E-state index in [0.717, 1.165) is 128 Å². The monoisotopic (exact) mass is 1260 g/mol. The lowest BCUT2D eigenvalue weighted by Crippen LogP contribution is -2.56. The maximum atomic E-state index is 15.5. The molecule has 426 valence electrons. The molecule has 0 fully saturated rings. The third-order valence-electron chi connectivity index (χ3n) is 16.5. The van der Waals surface area contributed by atoms with E-state index in [1.165, 1.54) is 140 Å². The number of thiophene rings is 6. The van der Waals surface area contributed by atoms with Gasteiger partial charge < -0.3 is 0 Å². The molecule has 0 N–H and O–H groups in total. The summed E-state index contributed by atoms with van der Waals surface area (Å²) < 4.78 is 81.2. The molecule has 0 bridgehead atoms. The van der Waals surface area contributed by atoms with Gasteiger partial charge >= 0.3 is 0 Å². The smallest absolute Gasteiger partial charge is 0.178 e. The minimum Gasteiger partial charge on any atom is -0.252 e. The van der Waals surface area contributed by atoms with Crippen molar-refractivity contribution in [2.24, 2.45) is 11.8 Å². The fraction of sp³-hybridized carbons (Fsp3) is 0.452. The highest BCUT2D eigenvalue weighted by Crippen LogP contribution is 2.51. The van der Waals surface area contributed by atoms with E-state index in [2.05, 4.69) is 53.7 Å². The SMILES string of the molecule is CCCCCCc1sc(-c2ccc(-c3cnc(-c4cc5c(s4)-c4sc(-c6ncc(-c7ccc(-c8sc(CCCCCC)c(F)c8F)s7)c7nsnc67)cc4[Si]5(CC(CC)CCCC)CC(CC)CCCC)c4nsnc34)s2)c(F)c1F. The van der Waals surface area contributed by atoms with Crippen molar-refractivity contribution in [2.75, 3.05) is 0 Å². The number of nitrogens with zero attached hydrogens (tertiary/aromatic N) is 6. The summed E-state index contributed by atoms with van der Waals surface area (Å²) in [5.41, 5.74) is 6.39. The molecule has 6 nitrogen and oxygen atoms in total. The molecule has 0 amide bonds. The number of hydrogen-bond donors (Lipinski definition) is 0. The summed E-state index contributed by atoms with van der Waals surface area (Å²) >= 11 is 11.4. The molecule has 0 aliphatic carbocycles. The number of rotatable bonds is 28. The van der Waals surface area contributed by atoms with Crippen molar-refractivity contribution in [3.8, 4) is 71.3 Å². The average Bonchev–Trinajstić information content (AvgIpc) is 4.54. The van der Waals surface area contributed by atoms with Crippen LogP contribution in [0.3, 0.4) is 0 Å². The molecule has 19 heteroatoms. The van der Waals surface area contributed by atoms with Crippen LogP contribution in [0.25, 0.3) is 93.4 Å². The van der Waals surface area contributed by atoms with E-state index in [1.807, 2.05) is 59.3 Å². The predicted molar refractivity (Wildman–Crippen MR) is 346 cm³/mol. The maximum Gasteiger partial charge on any atom is 0.178 e. The molecule has 0 saturated heterocycles. The van der Waals surface area contributed by atoms with Crippen LogP contribution in [0.2, 0.25) is 12.1 Å². The van der Waals surface area contributed by atoms with E-state index < -0.39 is 31.3 Å². The Bertz CT molecular complexity index is 3540. The molecular weight excluding hydrogens is 1190 g/mol. The Morgan fingerprint density at radius 2 is 0.827 bits per heavy atom. The first kappa shape index (κ1) is 58.8. The van der Waals surface area contributed by atoms with Crippen LogP contribution in [0.1, 0.15) is 154 Å². The van der Waals surface area contributed by atoms with Crippen LogP contribution in [-0.2, 0) is 12.8 Å². The van der Waals surface area contributed by atoms with Gasteiger partial charge in [-0.15, -0.1) is 68.0 Å². The van der Waals surface area contributed by atoms with Crippen molar-refractivity contribution in [1.29, 1.82) is 0 Å². The van der Waals surface area contributed by atoms with Gasteiger partial charge in [0.15, 0.2) is 23.3 Å². The summed E-state index contributed by atoms with van der Waals surface area (Å²) in [5, 5.41) is 3.06. The Hall–Kier alpha value is -3.92. The van der Waals surface area contributed by atoms with Gasteiger partial charge in [0.05, 0.1) is 43.0 Å². The van der Waals surface area contributed by atoms with Gasteiger partial charge in [-0.3, -0.25) is 9.97 Å². The zero-order chi connectivity index (χ0) is 56.4. The molecular formula is C62H68F4N6S8Si. The Morgan fingerprint density at radius 3 is 1.23 bits per heavy atom. The zero-order valence-electron chi connectivity index (χ0n) is 46.9. The number of halogens is 4. The number of fused-ring (bicyclic) bond motifs is 5. The van der Waals surface area contributed by atoms with Gasteiger partial charge in [0, 0.05) is 62.5 Å². The standard InChI is InChI=1S/C62H68F4N6S8Si/c1-7-13-17-19-23-41-49(63)51(65)59(75-41)43-27-25-39(73-43)37-31-67-55(57-53(37)69-79-71-57)45-29-47-61(77-45)62-48(81(47,33-35(11-5)21-15-9-3)34-36(12-6)22-16-10-4)30-46(78-62)56-58-54(70-80-72-58)38(32-68-56)40-26-28-44(74-40)60-52(66)50(64)42(76-60)24-20-18-14-8-2/h25-32,35-36H,7-24,33-34H2,1-6H3. The largest absolute Gasteiger partial charge is 0.252 e. The maximum absolute atomic E-state index is 15.5. The molecule has 0 aromatic carbocycles. The van der Waals surface area contributed by atoms with Crippen molar-refractivity contribution in [1.82, 2.24) is 27.5 Å². The first-order valence-electron chi connectivity index (χ1n) is 29.2. The molecule has 0 radical (unpaired) electrons. The van der Waals surface area contributed by atoms with Crippen LogP contribution in [0.4, 0.5) is 17.6 Å². The molecule has 2 unspecified atom stereocenters. The van der Waals surface area contributed by atoms with Gasteiger partial charge in [-0.05, 0) is 96.4 Å². The highest BCUT2D eigenvalue weighted by atomic mass is 32.1. The molecule has 11 heterocycles. The summed E-state index contributed by atoms with van der Waals surface area (Å²) in [4.78, 5) is 20.2. The van der Waals surface area contributed by atoms with Crippen LogP contribution in [0.5, 0.6) is 0 Å². The molecule has 10 aromatic rings. The van der Waals surface area contributed by atoms with Crippen molar-refractivity contribution in [3.63, 3.8) is 0 Å². The van der Waals surface area contributed by atoms with E-state index in [4.69, 9.17) is 27.5 Å². The molecule has 0 saturated carbocycles. The van der Waals surface area contributed by atoms with Crippen LogP contribution in [0, 0.1) is 35.1 Å². The molecule has 1 aliphatic heterocycles. The van der Waals surface area contributed by atoms with E-state index in [1.54, 1.807) is 0 Å². The highest BCUT2D eigenvalue weighted by molar-refractivity contribution is 7.32. The lowest BCUT2D eigenvalue weighted by atomic mass is 10.0. The lowest BCUT2D eigenvalue weighted by Gasteiger charge is -2.35. The Kier molecular flexibility index (Phi) is 19.0. The minimum atomic E-state index is -2.50. The van der Waals surface area contributed by atoms with Gasteiger partial charge in [0.1, 0.15) is 41.5 Å². The molecule has 81 heavy (non-hydrogen) atoms. The van der Waals surface area contributed by atoms with Crippen LogP contribution in [-0.4, -0.2) is 35.5 Å². The van der Waals surface area contributed by atoms with Crippen LogP contribution >= 0.6 is 91.5 Å². The molecule has 11 rings (SSSR count). The summed E-state index contributed by atoms with van der Waals surface area (Å²) in [7, 11) is -2.50. The fourth-order valence-electron chi connectivity index (χ4n) is 12.0. The van der Waals surface area contributed by atoms with Crippen molar-refractivity contribution in [2.45, 2.75) is 169 Å². The van der Waals surface area contributed by atoms with Crippen LogP contribution < -0.4 is 10.4 Å². The normalized spacial score (nSPS) is 13.8. The first-order chi connectivity index (χ1) is 39.5. The molecule has 2 atom stereocenters. The van der Waals surface area contributed by atoms with E-state index >= 15 is 17.6 Å². The number of unbranched alkanes of at least 4 members (excludes halogenated alkanes) is 8. The van der Waals surface area contributed by atoms with E-state index in [-0.39, 0.29) is 0 Å². The Balaban J connectivity index is 0.977. The summed E-state index contributed by atoms with van der Waals surface area (Å²) in [5.74, 6) is -1.76. The molecule has 0 spiro atoms. The van der Waals surface area contributed by atoms with Gasteiger partial charge in [-0.2, -0.15) is 17.5 Å². The first-order valence-corrected chi connectivity index (χ1v) is 38.0. The second-order valence-corrected chi connectivity index (χ2v) is 33.5. The van der Waals surface area contributed by atoms with Gasteiger partial charge in [-0.25, -0.2) is 17.6 Å². The quantitative estimate of drug-likeness (QED) is 0.0276. The Labute approximate surface area is 506 Å². The lowest BCUT2D eigenvalue weighted by molar-refractivity contribution is 0.469. The molecule has 10 aromatic heterocycles. The number of aryl methyl sites for hydroxylation is 2. The summed E-state index contributed by atoms with van der Waals surface area (Å²) in [6, 6.07) is 15.1. The minimum absolute atomic E-state index is 0.352. The summed E-state index contributed by atoms with van der Waals surface area (Å²) in [6.45, 7) is 13.7. The fourth-order valence-corrected chi connectivity index (χ4v) is 28.0. The zero-order valence-corrected chi connectivity index (χ0v) is 54.4. The van der Waals surface area contributed by atoms with Crippen molar-refractivity contribution in [3.05, 3.63) is 81.8 Å². The van der Waals surface area contributed by atoms with E-state index in [0.29, 0.717) is 53.9 Å². The van der Waals surface area contributed by atoms with Gasteiger partial charge in [0.25, 0.3) is 0 Å². The third kappa shape index (κ3) is 11.6. The topological polar surface area (TPSA) is 77.3 Å². The predicted octanol–water partition coefficient (Wildman–Crippen LogP) is 21.6.